The molecule has 3 N–H and O–H groups in total. The van der Waals surface area contributed by atoms with Gasteiger partial charge in [0, 0.05) is 23.4 Å². The first kappa shape index (κ1) is 20.0. The maximum Gasteiger partial charge on any atom is 0.229 e. The van der Waals surface area contributed by atoms with E-state index >= 15 is 0 Å². The summed E-state index contributed by atoms with van der Waals surface area (Å²) in [4.78, 5) is 24.6. The minimum Gasteiger partial charge on any atom is -0.443 e. The maximum atomic E-state index is 11.8. The lowest BCUT2D eigenvalue weighted by molar-refractivity contribution is -0.116. The van der Waals surface area contributed by atoms with Gasteiger partial charge in [0.1, 0.15) is 5.02 Å². The summed E-state index contributed by atoms with van der Waals surface area (Å²) in [5.41, 5.74) is 4.37. The summed E-state index contributed by atoms with van der Waals surface area (Å²) in [5.74, 6) is 1.53. The van der Waals surface area contributed by atoms with Crippen molar-refractivity contribution in [3.63, 3.8) is 0 Å². The third-order valence-corrected chi connectivity index (χ3v) is 5.38. The monoisotopic (exact) mass is 446 g/mol. The van der Waals surface area contributed by atoms with Crippen molar-refractivity contribution in [1.82, 2.24) is 15.0 Å². The summed E-state index contributed by atoms with van der Waals surface area (Å²) in [6.07, 6.45) is 6.75. The number of para-hydroxylation sites is 1. The highest BCUT2D eigenvalue weighted by molar-refractivity contribution is 6.33. The predicted molar refractivity (Wildman–Crippen MR) is 124 cm³/mol. The molecule has 0 aliphatic carbocycles. The molecule has 0 saturated carbocycles. The van der Waals surface area contributed by atoms with Crippen LogP contribution < -0.4 is 16.0 Å². The van der Waals surface area contributed by atoms with Crippen LogP contribution in [-0.2, 0) is 11.2 Å². The molecular formula is C23H19ClN6O2. The first-order chi connectivity index (χ1) is 15.7. The zero-order chi connectivity index (χ0) is 21.9. The molecule has 1 aliphatic heterocycles. The number of fused-ring (bicyclic) bond motifs is 1. The fourth-order valence-electron chi connectivity index (χ4n) is 3.58. The zero-order valence-electron chi connectivity index (χ0n) is 16.9. The molecule has 2 aromatic heterocycles. The highest BCUT2D eigenvalue weighted by atomic mass is 35.5. The van der Waals surface area contributed by atoms with Crippen molar-refractivity contribution in [3.05, 3.63) is 71.8 Å². The summed E-state index contributed by atoms with van der Waals surface area (Å²) in [7, 11) is 0. The average Bonchev–Trinajstić information content (AvgIpc) is 3.26. The first-order valence-electron chi connectivity index (χ1n) is 10.1. The summed E-state index contributed by atoms with van der Waals surface area (Å²) >= 11 is 6.36. The number of carbonyl (C=O) groups is 1. The molecule has 9 heteroatoms. The smallest absolute Gasteiger partial charge is 0.229 e. The third kappa shape index (κ3) is 4.26. The number of nitrogens with one attached hydrogen (secondary N) is 3. The molecule has 0 unspecified atom stereocenters. The molecule has 1 aliphatic rings. The standard InChI is InChI=1S/C23H19ClN6O2/c24-17-11-26-23(27-15-8-9-18-14(10-15)4-3-7-21(31)28-18)30-22(17)29-19-6-2-1-5-16(19)20-12-25-13-32-20/h1-2,5-6,8-13H,3-4,7H2,(H,28,31)(H2,26,27,29,30). The number of hydrogen-bond donors (Lipinski definition) is 3. The number of rotatable bonds is 5. The number of nitrogens with zero attached hydrogens (tertiary/aromatic N) is 3. The van der Waals surface area contributed by atoms with Gasteiger partial charge < -0.3 is 20.4 Å². The Labute approximate surface area is 189 Å². The van der Waals surface area contributed by atoms with E-state index in [1.165, 1.54) is 6.39 Å². The Morgan fingerprint density at radius 2 is 1.97 bits per heavy atom. The highest BCUT2D eigenvalue weighted by Crippen LogP contribution is 2.32. The van der Waals surface area contributed by atoms with Crippen LogP contribution >= 0.6 is 11.6 Å². The first-order valence-corrected chi connectivity index (χ1v) is 10.5. The van der Waals surface area contributed by atoms with Gasteiger partial charge in [-0.2, -0.15) is 4.98 Å². The van der Waals surface area contributed by atoms with E-state index in [0.29, 0.717) is 29.0 Å². The molecule has 5 rings (SSSR count). The van der Waals surface area contributed by atoms with Crippen LogP contribution in [0.15, 0.2) is 65.7 Å². The predicted octanol–water partition coefficient (Wildman–Crippen LogP) is 5.55. The molecule has 3 heterocycles. The van der Waals surface area contributed by atoms with Crippen molar-refractivity contribution in [2.45, 2.75) is 19.3 Å². The summed E-state index contributed by atoms with van der Waals surface area (Å²) < 4.78 is 5.44. The van der Waals surface area contributed by atoms with Crippen LogP contribution in [0.25, 0.3) is 11.3 Å². The molecule has 160 valence electrons. The Morgan fingerprint density at radius 1 is 1.06 bits per heavy atom. The van der Waals surface area contributed by atoms with Gasteiger partial charge in [0.05, 0.1) is 18.1 Å². The lowest BCUT2D eigenvalue weighted by atomic mass is 10.1. The Kier molecular flexibility index (Phi) is 5.43. The van der Waals surface area contributed by atoms with E-state index in [0.717, 1.165) is 41.0 Å². The number of amides is 1. The van der Waals surface area contributed by atoms with Crippen molar-refractivity contribution in [3.8, 4) is 11.3 Å². The summed E-state index contributed by atoms with van der Waals surface area (Å²) in [6, 6.07) is 13.4. The number of oxazole rings is 1. The van der Waals surface area contributed by atoms with Gasteiger partial charge in [-0.25, -0.2) is 9.97 Å². The Balaban J connectivity index is 1.40. The molecule has 0 fully saturated rings. The maximum absolute atomic E-state index is 11.8. The minimum atomic E-state index is 0.0480. The number of benzene rings is 2. The largest absolute Gasteiger partial charge is 0.443 e. The second-order valence-electron chi connectivity index (χ2n) is 7.33. The molecule has 0 radical (unpaired) electrons. The van der Waals surface area contributed by atoms with E-state index in [4.69, 9.17) is 16.0 Å². The molecule has 1 amide bonds. The molecule has 2 aromatic carbocycles. The number of carbonyl (C=O) groups excluding carboxylic acids is 1. The SMILES string of the molecule is O=C1CCCc2cc(Nc3ncc(Cl)c(Nc4ccccc4-c4cnco4)n3)ccc2N1. The molecular weight excluding hydrogens is 428 g/mol. The Hall–Kier alpha value is -3.91. The van der Waals surface area contributed by atoms with Gasteiger partial charge in [0.15, 0.2) is 18.0 Å². The number of hydrogen-bond acceptors (Lipinski definition) is 7. The van der Waals surface area contributed by atoms with Gasteiger partial charge in [0.25, 0.3) is 0 Å². The number of halogens is 1. The van der Waals surface area contributed by atoms with E-state index in [-0.39, 0.29) is 5.91 Å². The normalized spacial score (nSPS) is 13.1. The van der Waals surface area contributed by atoms with E-state index in [1.54, 1.807) is 12.4 Å². The van der Waals surface area contributed by atoms with Crippen molar-refractivity contribution < 1.29 is 9.21 Å². The molecule has 4 aromatic rings. The van der Waals surface area contributed by atoms with Crippen molar-refractivity contribution in [2.75, 3.05) is 16.0 Å². The summed E-state index contributed by atoms with van der Waals surface area (Å²) in [6.45, 7) is 0. The van der Waals surface area contributed by atoms with Crippen molar-refractivity contribution in [2.24, 2.45) is 0 Å². The minimum absolute atomic E-state index is 0.0480. The van der Waals surface area contributed by atoms with Crippen LogP contribution in [0.1, 0.15) is 18.4 Å². The van der Waals surface area contributed by atoms with Crippen LogP contribution in [-0.4, -0.2) is 20.9 Å². The van der Waals surface area contributed by atoms with E-state index < -0.39 is 0 Å². The van der Waals surface area contributed by atoms with E-state index in [2.05, 4.69) is 30.9 Å². The summed E-state index contributed by atoms with van der Waals surface area (Å²) in [5, 5.41) is 9.80. The van der Waals surface area contributed by atoms with Gasteiger partial charge in [-0.15, -0.1) is 0 Å². The van der Waals surface area contributed by atoms with Crippen molar-refractivity contribution >= 4 is 46.3 Å². The van der Waals surface area contributed by atoms with Gasteiger partial charge >= 0.3 is 0 Å². The molecule has 0 spiro atoms. The number of anilines is 5. The molecule has 0 atom stereocenters. The van der Waals surface area contributed by atoms with Gasteiger partial charge in [0.2, 0.25) is 11.9 Å². The quantitative estimate of drug-likeness (QED) is 0.369. The zero-order valence-corrected chi connectivity index (χ0v) is 17.7. The molecule has 8 nitrogen and oxygen atoms in total. The lowest BCUT2D eigenvalue weighted by Gasteiger charge is -2.13. The van der Waals surface area contributed by atoms with Crippen LogP contribution in [0.4, 0.5) is 28.8 Å². The second kappa shape index (κ2) is 8.68. The van der Waals surface area contributed by atoms with Crippen LogP contribution in [0.2, 0.25) is 5.02 Å². The number of aryl methyl sites for hydroxylation is 1. The van der Waals surface area contributed by atoms with E-state index in [9.17, 15) is 4.79 Å². The molecule has 0 bridgehead atoms. The second-order valence-corrected chi connectivity index (χ2v) is 7.73. The van der Waals surface area contributed by atoms with Gasteiger partial charge in [-0.05, 0) is 48.7 Å². The molecule has 0 saturated heterocycles. The van der Waals surface area contributed by atoms with Gasteiger partial charge in [-0.3, -0.25) is 4.79 Å². The van der Waals surface area contributed by atoms with E-state index in [1.807, 2.05) is 42.5 Å². The van der Waals surface area contributed by atoms with Gasteiger partial charge in [-0.1, -0.05) is 23.7 Å². The highest BCUT2D eigenvalue weighted by Gasteiger charge is 2.14. The topological polar surface area (TPSA) is 105 Å². The fraction of sp³-hybridized carbons (Fsp3) is 0.130. The van der Waals surface area contributed by atoms with Crippen molar-refractivity contribution in [1.29, 1.82) is 0 Å². The Morgan fingerprint density at radius 3 is 2.84 bits per heavy atom. The lowest BCUT2D eigenvalue weighted by Crippen LogP contribution is -2.09. The fourth-order valence-corrected chi connectivity index (χ4v) is 3.72. The van der Waals surface area contributed by atoms with Crippen LogP contribution in [0.5, 0.6) is 0 Å². The Bertz CT molecular complexity index is 1280. The van der Waals surface area contributed by atoms with Crippen LogP contribution in [0.3, 0.4) is 0 Å². The molecule has 32 heavy (non-hydrogen) atoms. The average molecular weight is 447 g/mol. The number of aromatic nitrogens is 3. The third-order valence-electron chi connectivity index (χ3n) is 5.11. The van der Waals surface area contributed by atoms with Crippen LogP contribution in [0, 0.1) is 0 Å².